The molecule has 4 N–H and O–H groups in total. The van der Waals surface area contributed by atoms with Gasteiger partial charge in [-0.15, -0.1) is 0 Å². The van der Waals surface area contributed by atoms with Crippen LogP contribution in [0.15, 0.2) is 42.7 Å². The van der Waals surface area contributed by atoms with Crippen LogP contribution in [-0.4, -0.2) is 10.9 Å². The van der Waals surface area contributed by atoms with Gasteiger partial charge in [-0.05, 0) is 41.8 Å². The van der Waals surface area contributed by atoms with Crippen molar-refractivity contribution >= 4 is 11.6 Å². The average molecular weight is 227 g/mol. The smallest absolute Gasteiger partial charge is 0.249 e. The van der Waals surface area contributed by atoms with Crippen LogP contribution in [0, 0.1) is 0 Å². The topological polar surface area (TPSA) is 82.0 Å². The molecule has 4 nitrogen and oxygen atoms in total. The van der Waals surface area contributed by atoms with E-state index in [4.69, 9.17) is 11.5 Å². The second kappa shape index (κ2) is 4.65. The fourth-order valence-electron chi connectivity index (χ4n) is 1.70. The Morgan fingerprint density at radius 2 is 1.88 bits per heavy atom. The molecule has 0 aliphatic rings. The lowest BCUT2D eigenvalue weighted by molar-refractivity contribution is 0.0999. The van der Waals surface area contributed by atoms with E-state index in [1.54, 1.807) is 24.5 Å². The Kier molecular flexibility index (Phi) is 3.05. The normalized spacial score (nSPS) is 10.1. The average Bonchev–Trinajstić information content (AvgIpc) is 2.32. The molecule has 1 heterocycles. The second-order valence-corrected chi connectivity index (χ2v) is 3.81. The number of nitrogens with two attached hydrogens (primary N) is 2. The third-order valence-corrected chi connectivity index (χ3v) is 2.54. The molecule has 17 heavy (non-hydrogen) atoms. The molecule has 0 spiro atoms. The number of amides is 1. The molecule has 0 saturated carbocycles. The van der Waals surface area contributed by atoms with Crippen LogP contribution in [0.3, 0.4) is 0 Å². The van der Waals surface area contributed by atoms with Crippen LogP contribution in [0.1, 0.15) is 21.5 Å². The van der Waals surface area contributed by atoms with Crippen molar-refractivity contribution in [2.45, 2.75) is 6.42 Å². The monoisotopic (exact) mass is 227 g/mol. The van der Waals surface area contributed by atoms with E-state index in [0.29, 0.717) is 17.7 Å². The number of rotatable bonds is 3. The maximum atomic E-state index is 11.3. The molecule has 0 radical (unpaired) electrons. The first-order valence-electron chi connectivity index (χ1n) is 5.24. The van der Waals surface area contributed by atoms with Crippen LogP contribution in [0.4, 0.5) is 5.69 Å². The maximum absolute atomic E-state index is 11.3. The van der Waals surface area contributed by atoms with Crippen molar-refractivity contribution in [3.8, 4) is 0 Å². The van der Waals surface area contributed by atoms with Crippen molar-refractivity contribution in [1.29, 1.82) is 0 Å². The second-order valence-electron chi connectivity index (χ2n) is 3.81. The number of aromatic nitrogens is 1. The van der Waals surface area contributed by atoms with Crippen molar-refractivity contribution in [2.75, 3.05) is 5.73 Å². The summed E-state index contributed by atoms with van der Waals surface area (Å²) in [7, 11) is 0. The molecule has 1 aromatic heterocycles. The molecule has 0 bridgehead atoms. The van der Waals surface area contributed by atoms with Gasteiger partial charge in [-0.1, -0.05) is 6.07 Å². The summed E-state index contributed by atoms with van der Waals surface area (Å²) in [6.45, 7) is 0. The zero-order valence-corrected chi connectivity index (χ0v) is 9.26. The third kappa shape index (κ3) is 2.60. The van der Waals surface area contributed by atoms with Gasteiger partial charge in [-0.3, -0.25) is 9.78 Å². The number of benzene rings is 1. The van der Waals surface area contributed by atoms with Gasteiger partial charge >= 0.3 is 0 Å². The molecule has 0 unspecified atom stereocenters. The van der Waals surface area contributed by atoms with Gasteiger partial charge in [-0.25, -0.2) is 0 Å². The van der Waals surface area contributed by atoms with Gasteiger partial charge in [0.2, 0.25) is 5.91 Å². The van der Waals surface area contributed by atoms with Crippen LogP contribution in [0.25, 0.3) is 0 Å². The van der Waals surface area contributed by atoms with Gasteiger partial charge in [0.05, 0.1) is 0 Å². The van der Waals surface area contributed by atoms with Gasteiger partial charge in [0.1, 0.15) is 0 Å². The summed E-state index contributed by atoms with van der Waals surface area (Å²) < 4.78 is 0. The van der Waals surface area contributed by atoms with Crippen LogP contribution < -0.4 is 11.5 Å². The SMILES string of the molecule is NC(=O)c1cc(N)ccc1Cc1ccncc1. The Labute approximate surface area is 99.3 Å². The van der Waals surface area contributed by atoms with Crippen molar-refractivity contribution in [3.63, 3.8) is 0 Å². The van der Waals surface area contributed by atoms with Crippen molar-refractivity contribution in [2.24, 2.45) is 5.73 Å². The Morgan fingerprint density at radius 3 is 2.53 bits per heavy atom. The minimum Gasteiger partial charge on any atom is -0.399 e. The molecule has 1 aromatic carbocycles. The summed E-state index contributed by atoms with van der Waals surface area (Å²) in [4.78, 5) is 15.3. The molecule has 1 amide bonds. The summed E-state index contributed by atoms with van der Waals surface area (Å²) >= 11 is 0. The van der Waals surface area contributed by atoms with Gasteiger partial charge in [0.25, 0.3) is 0 Å². The van der Waals surface area contributed by atoms with E-state index in [1.165, 1.54) is 0 Å². The molecule has 4 heteroatoms. The molecule has 2 rings (SSSR count). The number of primary amides is 1. The molecule has 0 fully saturated rings. The van der Waals surface area contributed by atoms with Crippen LogP contribution in [0.2, 0.25) is 0 Å². The predicted octanol–water partition coefficient (Wildman–Crippen LogP) is 1.35. The minimum atomic E-state index is -0.457. The van der Waals surface area contributed by atoms with E-state index in [0.717, 1.165) is 11.1 Å². The fraction of sp³-hybridized carbons (Fsp3) is 0.0769. The third-order valence-electron chi connectivity index (χ3n) is 2.54. The Morgan fingerprint density at radius 1 is 1.18 bits per heavy atom. The Hall–Kier alpha value is -2.36. The maximum Gasteiger partial charge on any atom is 0.249 e. The van der Waals surface area contributed by atoms with Crippen molar-refractivity contribution < 1.29 is 4.79 Å². The van der Waals surface area contributed by atoms with Gasteiger partial charge in [0.15, 0.2) is 0 Å². The summed E-state index contributed by atoms with van der Waals surface area (Å²) in [6, 6.07) is 9.01. The van der Waals surface area contributed by atoms with E-state index in [1.807, 2.05) is 18.2 Å². The minimum absolute atomic E-state index is 0.457. The van der Waals surface area contributed by atoms with Crippen LogP contribution in [0.5, 0.6) is 0 Å². The zero-order chi connectivity index (χ0) is 12.3. The molecule has 0 aliphatic heterocycles. The number of hydrogen-bond donors (Lipinski definition) is 2. The first-order valence-corrected chi connectivity index (χ1v) is 5.24. The number of hydrogen-bond acceptors (Lipinski definition) is 3. The number of carbonyl (C=O) groups excluding carboxylic acids is 1. The Bertz CT molecular complexity index is 538. The highest BCUT2D eigenvalue weighted by Crippen LogP contribution is 2.16. The molecule has 2 aromatic rings. The quantitative estimate of drug-likeness (QED) is 0.776. The molecule has 86 valence electrons. The van der Waals surface area contributed by atoms with Crippen LogP contribution in [-0.2, 0) is 6.42 Å². The molecule has 0 saturated heterocycles. The summed E-state index contributed by atoms with van der Waals surface area (Å²) in [5, 5.41) is 0. The molecular formula is C13H13N3O. The highest BCUT2D eigenvalue weighted by Gasteiger charge is 2.08. The van der Waals surface area contributed by atoms with Gasteiger partial charge in [-0.2, -0.15) is 0 Å². The number of anilines is 1. The lowest BCUT2D eigenvalue weighted by Crippen LogP contribution is -2.14. The number of pyridine rings is 1. The van der Waals surface area contributed by atoms with Crippen LogP contribution >= 0.6 is 0 Å². The number of nitrogen functional groups attached to an aromatic ring is 1. The Balaban J connectivity index is 2.36. The van der Waals surface area contributed by atoms with Crippen molar-refractivity contribution in [3.05, 3.63) is 59.4 Å². The van der Waals surface area contributed by atoms with Gasteiger partial charge < -0.3 is 11.5 Å². The predicted molar refractivity (Wildman–Crippen MR) is 66.4 cm³/mol. The van der Waals surface area contributed by atoms with E-state index < -0.39 is 5.91 Å². The first-order chi connectivity index (χ1) is 8.16. The molecule has 0 atom stereocenters. The number of nitrogens with zero attached hydrogens (tertiary/aromatic N) is 1. The summed E-state index contributed by atoms with van der Waals surface area (Å²) in [5.41, 5.74) is 13.9. The van der Waals surface area contributed by atoms with E-state index >= 15 is 0 Å². The van der Waals surface area contributed by atoms with E-state index in [9.17, 15) is 4.79 Å². The highest BCUT2D eigenvalue weighted by atomic mass is 16.1. The van der Waals surface area contributed by atoms with E-state index in [2.05, 4.69) is 4.98 Å². The molecule has 0 aliphatic carbocycles. The summed E-state index contributed by atoms with van der Waals surface area (Å²) in [6.07, 6.45) is 4.08. The standard InChI is InChI=1S/C13H13N3O/c14-11-2-1-10(12(8-11)13(15)17)7-9-3-5-16-6-4-9/h1-6,8H,7,14H2,(H2,15,17). The lowest BCUT2D eigenvalue weighted by atomic mass is 9.99. The van der Waals surface area contributed by atoms with E-state index in [-0.39, 0.29) is 0 Å². The largest absolute Gasteiger partial charge is 0.399 e. The fourth-order valence-corrected chi connectivity index (χ4v) is 1.70. The molecular weight excluding hydrogens is 214 g/mol. The van der Waals surface area contributed by atoms with Crippen molar-refractivity contribution in [1.82, 2.24) is 4.98 Å². The summed E-state index contributed by atoms with van der Waals surface area (Å²) in [5.74, 6) is -0.457. The first kappa shape index (κ1) is 11.1. The lowest BCUT2D eigenvalue weighted by Gasteiger charge is -2.07. The highest BCUT2D eigenvalue weighted by molar-refractivity contribution is 5.95. The number of carbonyl (C=O) groups is 1. The van der Waals surface area contributed by atoms with Gasteiger partial charge in [0, 0.05) is 23.6 Å². The zero-order valence-electron chi connectivity index (χ0n) is 9.26.